The van der Waals surface area contributed by atoms with Crippen LogP contribution in [-0.2, 0) is 0 Å². The Morgan fingerprint density at radius 2 is 0.326 bits per heavy atom. The molecule has 46 heavy (non-hydrogen) atoms. The van der Waals surface area contributed by atoms with Crippen LogP contribution in [0.5, 0.6) is 0 Å². The number of hydrogen-bond acceptors (Lipinski definition) is 2. The van der Waals surface area contributed by atoms with Crippen molar-refractivity contribution >= 4 is 22.7 Å². The molecule has 0 saturated heterocycles. The van der Waals surface area contributed by atoms with Crippen LogP contribution in [0.3, 0.4) is 0 Å². The molecule has 0 N–H and O–H groups in total. The van der Waals surface area contributed by atoms with Crippen molar-refractivity contribution in [3.8, 4) is 0 Å². The monoisotopic (exact) mass is 608 g/mol. The SMILES string of the molecule is Cc1c(C)c(C)c2c(c1C)C(=O)c1c(C)c(C)c(C)c(C)c1C2=C1c2c(C)c(C)c(C)c(C)c2C(=O)c2c(C)c(C)c(C)c(C)c21. The van der Waals surface area contributed by atoms with E-state index in [0.717, 1.165) is 100 Å². The van der Waals surface area contributed by atoms with E-state index < -0.39 is 0 Å². The lowest BCUT2D eigenvalue weighted by Gasteiger charge is -2.37. The summed E-state index contributed by atoms with van der Waals surface area (Å²) in [6, 6.07) is 0. The first-order valence-electron chi connectivity index (χ1n) is 16.7. The van der Waals surface area contributed by atoms with Gasteiger partial charge in [-0.2, -0.15) is 0 Å². The predicted molar refractivity (Wildman–Crippen MR) is 193 cm³/mol. The van der Waals surface area contributed by atoms with Crippen molar-refractivity contribution in [1.82, 2.24) is 0 Å². The number of fused-ring (bicyclic) bond motifs is 4. The molecule has 0 amide bonds. The molecule has 2 heteroatoms. The Morgan fingerprint density at radius 3 is 0.478 bits per heavy atom. The van der Waals surface area contributed by atoms with Gasteiger partial charge in [-0.1, -0.05) is 0 Å². The Labute approximate surface area is 276 Å². The molecule has 0 aromatic heterocycles. The van der Waals surface area contributed by atoms with Gasteiger partial charge >= 0.3 is 0 Å². The molecule has 2 aliphatic carbocycles. The molecule has 0 atom stereocenters. The van der Waals surface area contributed by atoms with Crippen LogP contribution in [-0.4, -0.2) is 11.6 Å². The lowest BCUT2D eigenvalue weighted by Crippen LogP contribution is -2.26. The third-order valence-corrected chi connectivity index (χ3v) is 12.9. The molecule has 0 heterocycles. The minimum atomic E-state index is 0.120. The van der Waals surface area contributed by atoms with Gasteiger partial charge in [0.05, 0.1) is 0 Å². The predicted octanol–water partition coefficient (Wildman–Crippen LogP) is 10.7. The molecular formula is C44H48O2. The highest BCUT2D eigenvalue weighted by Crippen LogP contribution is 2.54. The fraction of sp³-hybridized carbons (Fsp3) is 0.364. The second-order valence-electron chi connectivity index (χ2n) is 14.4. The fourth-order valence-electron chi connectivity index (χ4n) is 8.64. The summed E-state index contributed by atoms with van der Waals surface area (Å²) in [4.78, 5) is 29.8. The van der Waals surface area contributed by atoms with E-state index in [2.05, 4.69) is 111 Å². The molecule has 2 nitrogen and oxygen atoms in total. The summed E-state index contributed by atoms with van der Waals surface area (Å²) in [6.45, 7) is 34.6. The number of hydrogen-bond donors (Lipinski definition) is 0. The van der Waals surface area contributed by atoms with E-state index in [1.807, 2.05) is 0 Å². The third kappa shape index (κ3) is 3.70. The molecule has 236 valence electrons. The highest BCUT2D eigenvalue weighted by atomic mass is 16.1. The molecule has 4 aromatic carbocycles. The Kier molecular flexibility index (Phi) is 7.10. The lowest BCUT2D eigenvalue weighted by molar-refractivity contribution is 0.102. The topological polar surface area (TPSA) is 34.1 Å². The van der Waals surface area contributed by atoms with Crippen LogP contribution < -0.4 is 0 Å². The van der Waals surface area contributed by atoms with E-state index in [-0.39, 0.29) is 11.6 Å². The second kappa shape index (κ2) is 10.2. The van der Waals surface area contributed by atoms with E-state index >= 15 is 0 Å². The van der Waals surface area contributed by atoms with Crippen molar-refractivity contribution in [3.63, 3.8) is 0 Å². The summed E-state index contributed by atoms with van der Waals surface area (Å²) >= 11 is 0. The Balaban J connectivity index is 2.08. The zero-order chi connectivity index (χ0) is 34.2. The van der Waals surface area contributed by atoms with Crippen LogP contribution in [0, 0.1) is 111 Å². The van der Waals surface area contributed by atoms with Crippen molar-refractivity contribution in [2.45, 2.75) is 111 Å². The minimum Gasteiger partial charge on any atom is -0.289 e. The Hall–Kier alpha value is -4.04. The number of ketones is 2. The molecule has 0 saturated carbocycles. The van der Waals surface area contributed by atoms with E-state index in [4.69, 9.17) is 0 Å². The molecular weight excluding hydrogens is 560 g/mol. The summed E-state index contributed by atoms with van der Waals surface area (Å²) in [5.74, 6) is 0.241. The third-order valence-electron chi connectivity index (χ3n) is 12.9. The average molecular weight is 609 g/mol. The summed E-state index contributed by atoms with van der Waals surface area (Å²) in [6.07, 6.45) is 0. The van der Waals surface area contributed by atoms with Gasteiger partial charge in [0.25, 0.3) is 0 Å². The van der Waals surface area contributed by atoms with Crippen molar-refractivity contribution in [2.75, 3.05) is 0 Å². The van der Waals surface area contributed by atoms with E-state index in [1.165, 1.54) is 44.5 Å². The number of carbonyl (C=O) groups excluding carboxylic acids is 2. The first-order valence-corrected chi connectivity index (χ1v) is 16.7. The fourth-order valence-corrected chi connectivity index (χ4v) is 8.64. The average Bonchev–Trinajstić information content (AvgIpc) is 3.02. The molecule has 0 spiro atoms. The molecule has 0 aliphatic heterocycles. The van der Waals surface area contributed by atoms with E-state index in [1.54, 1.807) is 0 Å². The standard InChI is InChI=1S/C44H48O2/c1-17-21(5)29(13)37-33(25(17)9)41(34-26(10)18(2)22(6)30(14)38(34)43(37)45)42-35-27(11)19(3)23(7)31(15)39(35)44(46)40-32(16)24(8)20(4)28(12)36(40)42/h1-16H3. The lowest BCUT2D eigenvalue weighted by atomic mass is 9.65. The number of carbonyl (C=O) groups is 2. The van der Waals surface area contributed by atoms with E-state index in [0.29, 0.717) is 0 Å². The van der Waals surface area contributed by atoms with Crippen LogP contribution in [0.25, 0.3) is 11.1 Å². The highest BCUT2D eigenvalue weighted by molar-refractivity contribution is 6.29. The first-order chi connectivity index (χ1) is 21.4. The summed E-state index contributed by atoms with van der Waals surface area (Å²) in [5.41, 5.74) is 28.0. The maximum Gasteiger partial charge on any atom is 0.194 e. The van der Waals surface area contributed by atoms with Gasteiger partial charge in [0.1, 0.15) is 0 Å². The van der Waals surface area contributed by atoms with Crippen LogP contribution in [0.4, 0.5) is 0 Å². The van der Waals surface area contributed by atoms with Crippen molar-refractivity contribution < 1.29 is 9.59 Å². The largest absolute Gasteiger partial charge is 0.289 e. The molecule has 6 rings (SSSR count). The summed E-state index contributed by atoms with van der Waals surface area (Å²) in [5, 5.41) is 0. The van der Waals surface area contributed by atoms with Gasteiger partial charge in [0.15, 0.2) is 11.6 Å². The highest BCUT2D eigenvalue weighted by Gasteiger charge is 2.42. The smallest absolute Gasteiger partial charge is 0.194 e. The first kappa shape index (κ1) is 31.9. The Morgan fingerprint density at radius 1 is 0.196 bits per heavy atom. The van der Waals surface area contributed by atoms with Gasteiger partial charge in [-0.3, -0.25) is 9.59 Å². The number of benzene rings is 4. The molecule has 0 bridgehead atoms. The maximum atomic E-state index is 14.9. The van der Waals surface area contributed by atoms with Gasteiger partial charge < -0.3 is 0 Å². The molecule has 4 aromatic rings. The van der Waals surface area contributed by atoms with Gasteiger partial charge in [-0.15, -0.1) is 0 Å². The molecule has 0 unspecified atom stereocenters. The summed E-state index contributed by atoms with van der Waals surface area (Å²) in [7, 11) is 0. The Bertz CT molecular complexity index is 1900. The van der Waals surface area contributed by atoms with Gasteiger partial charge in [-0.05, 0) is 233 Å². The zero-order valence-electron chi connectivity index (χ0n) is 30.8. The zero-order valence-corrected chi connectivity index (χ0v) is 30.8. The van der Waals surface area contributed by atoms with Crippen LogP contribution in [0.2, 0.25) is 0 Å². The van der Waals surface area contributed by atoms with Gasteiger partial charge in [0.2, 0.25) is 0 Å². The molecule has 2 aliphatic rings. The number of rotatable bonds is 0. The minimum absolute atomic E-state index is 0.120. The van der Waals surface area contributed by atoms with Crippen LogP contribution in [0.15, 0.2) is 0 Å². The van der Waals surface area contributed by atoms with Crippen molar-refractivity contribution in [3.05, 3.63) is 134 Å². The molecule has 0 radical (unpaired) electrons. The summed E-state index contributed by atoms with van der Waals surface area (Å²) < 4.78 is 0. The van der Waals surface area contributed by atoms with Crippen molar-refractivity contribution in [1.29, 1.82) is 0 Å². The quantitative estimate of drug-likeness (QED) is 0.172. The maximum absolute atomic E-state index is 14.9. The van der Waals surface area contributed by atoms with Crippen molar-refractivity contribution in [2.24, 2.45) is 0 Å². The molecule has 0 fully saturated rings. The van der Waals surface area contributed by atoms with Crippen LogP contribution >= 0.6 is 0 Å². The second-order valence-corrected chi connectivity index (χ2v) is 14.4. The van der Waals surface area contributed by atoms with E-state index in [9.17, 15) is 9.59 Å². The van der Waals surface area contributed by atoms with Crippen LogP contribution in [0.1, 0.15) is 143 Å². The van der Waals surface area contributed by atoms with Gasteiger partial charge in [-0.25, -0.2) is 0 Å². The normalized spacial score (nSPS) is 13.7. The van der Waals surface area contributed by atoms with Gasteiger partial charge in [0, 0.05) is 22.3 Å².